The standard InChI is InChI=1S/C20H34O6/c1-6-8-12(3)19-20(5,26-19)13(4)15(10-21)18(25)16(11-22)17(24)9-14(23)7-2/h6,8,12-13,15-17,19,21-22,24H,7,9-11H2,1-5H3/b8-6-/t12-,13-,15+,16-,17?,19+,20-/m0/s1. The van der Waals surface area contributed by atoms with Gasteiger partial charge in [-0.05, 0) is 19.8 Å². The van der Waals surface area contributed by atoms with Crippen molar-refractivity contribution >= 4 is 11.6 Å². The Labute approximate surface area is 156 Å². The second kappa shape index (κ2) is 9.74. The average molecular weight is 370 g/mol. The monoisotopic (exact) mass is 370 g/mol. The SMILES string of the molecule is C/C=C\[C@H](C)[C@H]1O[C@@]1(C)[C@@H](C)[C@@H](CO)C(=O)[C@@H](CO)C(O)CC(=O)CC. The van der Waals surface area contributed by atoms with Gasteiger partial charge in [-0.25, -0.2) is 0 Å². The molecule has 3 N–H and O–H groups in total. The number of carbonyl (C=O) groups excluding carboxylic acids is 2. The number of Topliss-reactive ketones (excluding diaryl/α,β-unsaturated/α-hetero) is 2. The maximum atomic E-state index is 12.9. The molecule has 0 radical (unpaired) electrons. The number of epoxide rings is 1. The lowest BCUT2D eigenvalue weighted by atomic mass is 9.74. The number of aliphatic hydroxyl groups is 3. The third-order valence-corrected chi connectivity index (χ3v) is 5.79. The molecule has 0 aromatic heterocycles. The normalized spacial score (nSPS) is 28.4. The molecule has 1 rings (SSSR count). The van der Waals surface area contributed by atoms with Gasteiger partial charge in [-0.15, -0.1) is 0 Å². The van der Waals surface area contributed by atoms with Crippen LogP contribution in [0.2, 0.25) is 0 Å². The Kier molecular flexibility index (Phi) is 8.60. The van der Waals surface area contributed by atoms with Gasteiger partial charge in [0.25, 0.3) is 0 Å². The zero-order chi connectivity index (χ0) is 20.1. The smallest absolute Gasteiger partial charge is 0.146 e. The molecule has 0 amide bonds. The molecule has 150 valence electrons. The Morgan fingerprint density at radius 1 is 1.19 bits per heavy atom. The molecule has 0 saturated carbocycles. The van der Waals surface area contributed by atoms with Crippen LogP contribution < -0.4 is 0 Å². The minimum absolute atomic E-state index is 0.0466. The molecule has 0 bridgehead atoms. The fourth-order valence-corrected chi connectivity index (χ4v) is 3.73. The summed E-state index contributed by atoms with van der Waals surface area (Å²) in [6.07, 6.45) is 2.79. The van der Waals surface area contributed by atoms with Crippen molar-refractivity contribution in [3.05, 3.63) is 12.2 Å². The third kappa shape index (κ3) is 5.00. The first kappa shape index (κ1) is 23.0. The highest BCUT2D eigenvalue weighted by Gasteiger charge is 2.60. The van der Waals surface area contributed by atoms with E-state index in [-0.39, 0.29) is 36.6 Å². The highest BCUT2D eigenvalue weighted by molar-refractivity contribution is 5.86. The van der Waals surface area contributed by atoms with E-state index < -0.39 is 42.5 Å². The van der Waals surface area contributed by atoms with Gasteiger partial charge >= 0.3 is 0 Å². The number of ether oxygens (including phenoxy) is 1. The van der Waals surface area contributed by atoms with Gasteiger partial charge < -0.3 is 20.1 Å². The molecule has 0 aliphatic carbocycles. The van der Waals surface area contributed by atoms with Crippen LogP contribution in [0.25, 0.3) is 0 Å². The number of rotatable bonds is 12. The lowest BCUT2D eigenvalue weighted by molar-refractivity contribution is -0.137. The van der Waals surface area contributed by atoms with Crippen LogP contribution in [0.15, 0.2) is 12.2 Å². The maximum Gasteiger partial charge on any atom is 0.146 e. The van der Waals surface area contributed by atoms with Crippen LogP contribution in [0.1, 0.15) is 47.5 Å². The Morgan fingerprint density at radius 2 is 1.77 bits per heavy atom. The predicted molar refractivity (Wildman–Crippen MR) is 98.5 cm³/mol. The van der Waals surface area contributed by atoms with Crippen molar-refractivity contribution in [2.24, 2.45) is 23.7 Å². The second-order valence-corrected chi connectivity index (χ2v) is 7.54. The summed E-state index contributed by atoms with van der Waals surface area (Å²) in [5, 5.41) is 29.6. The number of aliphatic hydroxyl groups excluding tert-OH is 3. The van der Waals surface area contributed by atoms with Crippen molar-refractivity contribution in [2.75, 3.05) is 13.2 Å². The molecule has 1 aliphatic heterocycles. The Hall–Kier alpha value is -1.08. The quantitative estimate of drug-likeness (QED) is 0.355. The van der Waals surface area contributed by atoms with Crippen LogP contribution in [-0.4, -0.2) is 57.9 Å². The summed E-state index contributed by atoms with van der Waals surface area (Å²) in [5.74, 6) is -2.56. The van der Waals surface area contributed by atoms with Gasteiger partial charge in [0.15, 0.2) is 0 Å². The fraction of sp³-hybridized carbons (Fsp3) is 0.800. The number of hydrogen-bond acceptors (Lipinski definition) is 6. The van der Waals surface area contributed by atoms with E-state index in [4.69, 9.17) is 4.74 Å². The molecule has 26 heavy (non-hydrogen) atoms. The first-order chi connectivity index (χ1) is 12.2. The first-order valence-corrected chi connectivity index (χ1v) is 9.43. The summed E-state index contributed by atoms with van der Waals surface area (Å²) in [5.41, 5.74) is -0.549. The number of carbonyl (C=O) groups is 2. The molecule has 1 aliphatic rings. The van der Waals surface area contributed by atoms with Crippen molar-refractivity contribution in [1.29, 1.82) is 0 Å². The molecule has 6 nitrogen and oxygen atoms in total. The minimum Gasteiger partial charge on any atom is -0.396 e. The molecule has 7 atom stereocenters. The van der Waals surface area contributed by atoms with E-state index in [0.717, 1.165) is 0 Å². The van der Waals surface area contributed by atoms with E-state index in [1.807, 2.05) is 39.8 Å². The van der Waals surface area contributed by atoms with Crippen LogP contribution in [0, 0.1) is 23.7 Å². The topological polar surface area (TPSA) is 107 Å². The second-order valence-electron chi connectivity index (χ2n) is 7.54. The Balaban J connectivity index is 2.88. The molecule has 1 heterocycles. The van der Waals surface area contributed by atoms with Crippen LogP contribution >= 0.6 is 0 Å². The minimum atomic E-state index is -1.24. The van der Waals surface area contributed by atoms with Gasteiger partial charge in [0.2, 0.25) is 0 Å². The van der Waals surface area contributed by atoms with Crippen molar-refractivity contribution in [3.8, 4) is 0 Å². The number of ketones is 2. The Bertz CT molecular complexity index is 516. The van der Waals surface area contributed by atoms with Gasteiger partial charge in [-0.3, -0.25) is 9.59 Å². The molecule has 6 heteroatoms. The van der Waals surface area contributed by atoms with Gasteiger partial charge in [0, 0.05) is 24.7 Å². The highest BCUT2D eigenvalue weighted by atomic mass is 16.6. The van der Waals surface area contributed by atoms with Gasteiger partial charge in [-0.2, -0.15) is 0 Å². The summed E-state index contributed by atoms with van der Waals surface area (Å²) >= 11 is 0. The summed E-state index contributed by atoms with van der Waals surface area (Å²) in [7, 11) is 0. The van der Waals surface area contributed by atoms with Crippen molar-refractivity contribution in [2.45, 2.75) is 65.3 Å². The van der Waals surface area contributed by atoms with E-state index in [1.54, 1.807) is 6.92 Å². The maximum absolute atomic E-state index is 12.9. The molecule has 1 unspecified atom stereocenters. The average Bonchev–Trinajstić information content (AvgIpc) is 3.29. The molecule has 1 saturated heterocycles. The van der Waals surface area contributed by atoms with Crippen LogP contribution in [0.4, 0.5) is 0 Å². The van der Waals surface area contributed by atoms with Crippen LogP contribution in [0.3, 0.4) is 0 Å². The van der Waals surface area contributed by atoms with Gasteiger partial charge in [0.05, 0.1) is 36.9 Å². The summed E-state index contributed by atoms with van der Waals surface area (Å²) in [6, 6.07) is 0. The first-order valence-electron chi connectivity index (χ1n) is 9.43. The van der Waals surface area contributed by atoms with Gasteiger partial charge in [-0.1, -0.05) is 32.9 Å². The molecule has 0 spiro atoms. The van der Waals surface area contributed by atoms with Gasteiger partial charge in [0.1, 0.15) is 11.6 Å². The largest absolute Gasteiger partial charge is 0.396 e. The van der Waals surface area contributed by atoms with E-state index in [0.29, 0.717) is 0 Å². The number of hydrogen-bond donors (Lipinski definition) is 3. The zero-order valence-corrected chi connectivity index (χ0v) is 16.5. The van der Waals surface area contributed by atoms with Crippen molar-refractivity contribution < 1.29 is 29.6 Å². The molecule has 1 fully saturated rings. The molecule has 0 aromatic carbocycles. The molecule has 0 aromatic rings. The van der Waals surface area contributed by atoms with Crippen molar-refractivity contribution in [3.63, 3.8) is 0 Å². The van der Waals surface area contributed by atoms with Crippen LogP contribution in [0.5, 0.6) is 0 Å². The summed E-state index contributed by atoms with van der Waals surface area (Å²) in [4.78, 5) is 24.4. The lowest BCUT2D eigenvalue weighted by Crippen LogP contribution is -2.43. The fourth-order valence-electron chi connectivity index (χ4n) is 3.73. The third-order valence-electron chi connectivity index (χ3n) is 5.79. The highest BCUT2D eigenvalue weighted by Crippen LogP contribution is 2.49. The molecular weight excluding hydrogens is 336 g/mol. The lowest BCUT2D eigenvalue weighted by Gasteiger charge is -2.29. The van der Waals surface area contributed by atoms with Crippen LogP contribution in [-0.2, 0) is 14.3 Å². The summed E-state index contributed by atoms with van der Waals surface area (Å²) < 4.78 is 5.88. The van der Waals surface area contributed by atoms with E-state index in [1.165, 1.54) is 0 Å². The van der Waals surface area contributed by atoms with E-state index in [2.05, 4.69) is 0 Å². The molecular formula is C20H34O6. The summed E-state index contributed by atoms with van der Waals surface area (Å²) in [6.45, 7) is 8.47. The van der Waals surface area contributed by atoms with E-state index in [9.17, 15) is 24.9 Å². The van der Waals surface area contributed by atoms with Crippen molar-refractivity contribution in [1.82, 2.24) is 0 Å². The zero-order valence-electron chi connectivity index (χ0n) is 16.5. The Morgan fingerprint density at radius 3 is 2.23 bits per heavy atom. The number of allylic oxidation sites excluding steroid dienone is 1. The predicted octanol–water partition coefficient (Wildman–Crippen LogP) is 1.51. The van der Waals surface area contributed by atoms with E-state index >= 15 is 0 Å².